The molecule has 0 aliphatic heterocycles. The molecule has 104 valence electrons. The molecule has 0 spiro atoms. The van der Waals surface area contributed by atoms with E-state index in [-0.39, 0.29) is 29.7 Å². The maximum absolute atomic E-state index is 12.4. The van der Waals surface area contributed by atoms with Crippen LogP contribution >= 0.6 is 0 Å². The van der Waals surface area contributed by atoms with Crippen molar-refractivity contribution < 1.29 is 14.7 Å². The number of allylic oxidation sites excluding steroid dienone is 2. The first kappa shape index (κ1) is 12.7. The summed E-state index contributed by atoms with van der Waals surface area (Å²) >= 11 is 0. The van der Waals surface area contributed by atoms with Gasteiger partial charge in [0.1, 0.15) is 0 Å². The predicted octanol–water partition coefficient (Wildman–Crippen LogP) is 1.81. The van der Waals surface area contributed by atoms with Gasteiger partial charge < -0.3 is 10.4 Å². The molecule has 4 nitrogen and oxygen atoms in total. The molecule has 3 aliphatic rings. The lowest BCUT2D eigenvalue weighted by Crippen LogP contribution is -2.45. The highest BCUT2D eigenvalue weighted by Gasteiger charge is 2.52. The quantitative estimate of drug-likeness (QED) is 0.763. The molecule has 6 unspecified atom stereocenters. The first-order valence-corrected chi connectivity index (χ1v) is 7.29. The highest BCUT2D eigenvalue weighted by Crippen LogP contribution is 2.48. The predicted molar refractivity (Wildman–Crippen MR) is 70.3 cm³/mol. The molecule has 2 bridgehead atoms. The normalized spacial score (nSPS) is 43.6. The smallest absolute Gasteiger partial charge is 0.307 e. The lowest BCUT2D eigenvalue weighted by Gasteiger charge is -2.26. The molecule has 2 fully saturated rings. The molecule has 0 aromatic carbocycles. The summed E-state index contributed by atoms with van der Waals surface area (Å²) in [7, 11) is 0. The molecule has 2 N–H and O–H groups in total. The summed E-state index contributed by atoms with van der Waals surface area (Å²) in [5.41, 5.74) is 0. The van der Waals surface area contributed by atoms with Crippen molar-refractivity contribution in [2.75, 3.05) is 0 Å². The molecule has 0 aromatic heterocycles. The van der Waals surface area contributed by atoms with Crippen molar-refractivity contribution in [3.63, 3.8) is 0 Å². The molecule has 0 saturated heterocycles. The monoisotopic (exact) mass is 263 g/mol. The molecule has 4 heteroatoms. The summed E-state index contributed by atoms with van der Waals surface area (Å²) in [5.74, 6) is -1.05. The SMILES string of the molecule is CC1CCCC1NC(=O)C1C2C=CC(C2)C1C(=O)O. The molecule has 1 amide bonds. The standard InChI is InChI=1S/C15H21NO3/c1-8-3-2-4-11(8)16-14(17)12-9-5-6-10(7-9)13(12)15(18)19/h5-6,8-13H,2-4,7H2,1H3,(H,16,17)(H,18,19). The number of aliphatic carboxylic acids is 1. The van der Waals surface area contributed by atoms with E-state index in [0.29, 0.717) is 5.92 Å². The van der Waals surface area contributed by atoms with E-state index >= 15 is 0 Å². The highest BCUT2D eigenvalue weighted by atomic mass is 16.4. The largest absolute Gasteiger partial charge is 0.481 e. The molecular formula is C15H21NO3. The number of rotatable bonds is 3. The second-order valence-corrected chi connectivity index (χ2v) is 6.36. The van der Waals surface area contributed by atoms with E-state index in [9.17, 15) is 14.7 Å². The van der Waals surface area contributed by atoms with Crippen LogP contribution in [0.25, 0.3) is 0 Å². The van der Waals surface area contributed by atoms with E-state index in [1.165, 1.54) is 0 Å². The number of nitrogens with one attached hydrogen (secondary N) is 1. The maximum atomic E-state index is 12.4. The van der Waals surface area contributed by atoms with Gasteiger partial charge in [0.05, 0.1) is 11.8 Å². The fourth-order valence-corrected chi connectivity index (χ4v) is 4.16. The molecular weight excluding hydrogens is 242 g/mol. The van der Waals surface area contributed by atoms with Gasteiger partial charge in [-0.05, 0) is 37.0 Å². The van der Waals surface area contributed by atoms with Crippen LogP contribution in [0, 0.1) is 29.6 Å². The number of carboxylic acid groups (broad SMARTS) is 1. The average molecular weight is 263 g/mol. The van der Waals surface area contributed by atoms with Crippen LogP contribution in [0.2, 0.25) is 0 Å². The van der Waals surface area contributed by atoms with Gasteiger partial charge >= 0.3 is 5.97 Å². The zero-order valence-corrected chi connectivity index (χ0v) is 11.2. The number of hydrogen-bond donors (Lipinski definition) is 2. The summed E-state index contributed by atoms with van der Waals surface area (Å²) in [6.07, 6.45) is 8.18. The Kier molecular flexibility index (Phi) is 3.11. The minimum absolute atomic E-state index is 0.0389. The zero-order valence-electron chi connectivity index (χ0n) is 11.2. The second-order valence-electron chi connectivity index (χ2n) is 6.36. The third kappa shape index (κ3) is 2.07. The summed E-state index contributed by atoms with van der Waals surface area (Å²) < 4.78 is 0. The van der Waals surface area contributed by atoms with Crippen molar-refractivity contribution >= 4 is 11.9 Å². The zero-order chi connectivity index (χ0) is 13.6. The molecule has 0 heterocycles. The Morgan fingerprint density at radius 1 is 1.16 bits per heavy atom. The van der Waals surface area contributed by atoms with Gasteiger partial charge in [-0.3, -0.25) is 9.59 Å². The molecule has 19 heavy (non-hydrogen) atoms. The van der Waals surface area contributed by atoms with Crippen LogP contribution in [0.3, 0.4) is 0 Å². The van der Waals surface area contributed by atoms with Gasteiger partial charge in [0.2, 0.25) is 5.91 Å². The van der Waals surface area contributed by atoms with E-state index in [1.54, 1.807) is 0 Å². The summed E-state index contributed by atoms with van der Waals surface area (Å²) in [4.78, 5) is 23.8. The van der Waals surface area contributed by atoms with Gasteiger partial charge in [0, 0.05) is 6.04 Å². The lowest BCUT2D eigenvalue weighted by molar-refractivity contribution is -0.148. The number of amides is 1. The van der Waals surface area contributed by atoms with Crippen LogP contribution in [0.4, 0.5) is 0 Å². The van der Waals surface area contributed by atoms with Crippen molar-refractivity contribution in [2.24, 2.45) is 29.6 Å². The molecule has 0 radical (unpaired) electrons. The molecule has 2 saturated carbocycles. The van der Waals surface area contributed by atoms with Crippen molar-refractivity contribution in [3.8, 4) is 0 Å². The van der Waals surface area contributed by atoms with E-state index in [1.807, 2.05) is 12.2 Å². The average Bonchev–Trinajstić information content (AvgIpc) is 3.04. The van der Waals surface area contributed by atoms with Gasteiger partial charge in [-0.2, -0.15) is 0 Å². The molecule has 3 aliphatic carbocycles. The van der Waals surface area contributed by atoms with Gasteiger partial charge in [0.25, 0.3) is 0 Å². The first-order chi connectivity index (χ1) is 9.08. The Labute approximate surface area is 113 Å². The number of carbonyl (C=O) groups is 2. The van der Waals surface area contributed by atoms with Crippen LogP contribution in [0.5, 0.6) is 0 Å². The number of carbonyl (C=O) groups excluding carboxylic acids is 1. The molecule has 6 atom stereocenters. The van der Waals surface area contributed by atoms with Crippen LogP contribution in [-0.4, -0.2) is 23.0 Å². The Morgan fingerprint density at radius 3 is 2.42 bits per heavy atom. The van der Waals surface area contributed by atoms with E-state index in [0.717, 1.165) is 25.7 Å². The second kappa shape index (κ2) is 4.66. The maximum Gasteiger partial charge on any atom is 0.307 e. The minimum atomic E-state index is -0.823. The Balaban J connectivity index is 1.72. The van der Waals surface area contributed by atoms with Gasteiger partial charge in [0.15, 0.2) is 0 Å². The number of hydrogen-bond acceptors (Lipinski definition) is 2. The minimum Gasteiger partial charge on any atom is -0.481 e. The van der Waals surface area contributed by atoms with E-state index in [2.05, 4.69) is 12.2 Å². The van der Waals surface area contributed by atoms with Gasteiger partial charge in [-0.25, -0.2) is 0 Å². The van der Waals surface area contributed by atoms with Gasteiger partial charge in [-0.1, -0.05) is 25.5 Å². The highest BCUT2D eigenvalue weighted by molar-refractivity contribution is 5.87. The third-order valence-electron chi connectivity index (χ3n) is 5.24. The van der Waals surface area contributed by atoms with Crippen molar-refractivity contribution in [3.05, 3.63) is 12.2 Å². The lowest BCUT2D eigenvalue weighted by atomic mass is 9.82. The fourth-order valence-electron chi connectivity index (χ4n) is 4.16. The van der Waals surface area contributed by atoms with Crippen molar-refractivity contribution in [2.45, 2.75) is 38.6 Å². The molecule has 0 aromatic rings. The van der Waals surface area contributed by atoms with Crippen LogP contribution < -0.4 is 5.32 Å². The molecule has 3 rings (SSSR count). The summed E-state index contributed by atoms with van der Waals surface area (Å²) in [6, 6.07) is 0.241. The summed E-state index contributed by atoms with van der Waals surface area (Å²) in [5, 5.41) is 12.5. The van der Waals surface area contributed by atoms with Crippen LogP contribution in [0.1, 0.15) is 32.6 Å². The van der Waals surface area contributed by atoms with Gasteiger partial charge in [-0.15, -0.1) is 0 Å². The Morgan fingerprint density at radius 2 is 1.84 bits per heavy atom. The van der Waals surface area contributed by atoms with Crippen LogP contribution in [-0.2, 0) is 9.59 Å². The van der Waals surface area contributed by atoms with Crippen LogP contribution in [0.15, 0.2) is 12.2 Å². The van der Waals surface area contributed by atoms with E-state index < -0.39 is 11.9 Å². The van der Waals surface area contributed by atoms with Crippen molar-refractivity contribution in [1.29, 1.82) is 0 Å². The summed E-state index contributed by atoms with van der Waals surface area (Å²) in [6.45, 7) is 2.16. The first-order valence-electron chi connectivity index (χ1n) is 7.29. The Bertz CT molecular complexity index is 431. The number of fused-ring (bicyclic) bond motifs is 2. The topological polar surface area (TPSA) is 66.4 Å². The van der Waals surface area contributed by atoms with E-state index in [4.69, 9.17) is 0 Å². The number of carboxylic acids is 1. The van der Waals surface area contributed by atoms with Crippen molar-refractivity contribution in [1.82, 2.24) is 5.32 Å². The fraction of sp³-hybridized carbons (Fsp3) is 0.733. The Hall–Kier alpha value is -1.32. The third-order valence-corrected chi connectivity index (χ3v) is 5.24.